The quantitative estimate of drug-likeness (QED) is 0.481. The van der Waals surface area contributed by atoms with Crippen molar-refractivity contribution in [1.82, 2.24) is 9.46 Å². The number of benzene rings is 2. The highest BCUT2D eigenvalue weighted by Gasteiger charge is 2.37. The second kappa shape index (κ2) is 10.4. The lowest BCUT2D eigenvalue weighted by molar-refractivity contribution is -0.120. The van der Waals surface area contributed by atoms with Gasteiger partial charge < -0.3 is 9.84 Å². The first-order valence-electron chi connectivity index (χ1n) is 12.2. The molecule has 0 aliphatic carbocycles. The van der Waals surface area contributed by atoms with Crippen molar-refractivity contribution in [2.24, 2.45) is 5.92 Å². The molecular formula is C28H33N3O4S. The molecule has 1 aliphatic rings. The molecule has 2 aromatic carbocycles. The Morgan fingerprint density at radius 2 is 1.75 bits per heavy atom. The van der Waals surface area contributed by atoms with Crippen LogP contribution in [-0.2, 0) is 14.8 Å². The fourth-order valence-electron chi connectivity index (χ4n) is 4.60. The zero-order chi connectivity index (χ0) is 26.0. The summed E-state index contributed by atoms with van der Waals surface area (Å²) in [5.41, 5.74) is 6.31. The molecule has 0 bridgehead atoms. The molecule has 1 N–H and O–H groups in total. The molecule has 0 radical (unpaired) electrons. The molecule has 0 unspecified atom stereocenters. The molecule has 0 saturated carbocycles. The predicted molar refractivity (Wildman–Crippen MR) is 142 cm³/mol. The van der Waals surface area contributed by atoms with E-state index in [0.717, 1.165) is 33.5 Å². The number of sulfonamides is 1. The summed E-state index contributed by atoms with van der Waals surface area (Å²) in [6.45, 7) is 10.0. The third-order valence-corrected chi connectivity index (χ3v) is 8.70. The second-order valence-electron chi connectivity index (χ2n) is 9.66. The Hall–Kier alpha value is -3.23. The van der Waals surface area contributed by atoms with Crippen molar-refractivity contribution in [3.05, 3.63) is 75.7 Å². The van der Waals surface area contributed by atoms with E-state index in [4.69, 9.17) is 4.52 Å². The molecule has 2 heterocycles. The molecule has 190 valence electrons. The van der Waals surface area contributed by atoms with E-state index in [1.807, 2.05) is 70.2 Å². The van der Waals surface area contributed by atoms with E-state index in [2.05, 4.69) is 10.5 Å². The molecule has 3 aromatic rings. The number of nitrogens with zero attached hydrogens (tertiary/aromatic N) is 2. The number of nitrogens with one attached hydrogen (secondary N) is 1. The lowest BCUT2D eigenvalue weighted by atomic mass is 9.98. The zero-order valence-electron chi connectivity index (χ0n) is 21.5. The standard InChI is InChI=1S/C28H33N3O4S/c1-18-9-12-25(21(4)15-18)29-28(32)24-7-6-14-31(17-24)36(33,34)27-22(5)30-35-26(27)13-11-23-16-19(2)8-10-20(23)3/h8-13,15-16,24H,6-7,14,17H2,1-5H3,(H,29,32)/b13-11+/t24-/m0/s1. The first-order valence-corrected chi connectivity index (χ1v) is 13.6. The van der Waals surface area contributed by atoms with Gasteiger partial charge in [0.15, 0.2) is 10.7 Å². The highest BCUT2D eigenvalue weighted by atomic mass is 32.2. The molecule has 0 spiro atoms. The lowest BCUT2D eigenvalue weighted by Gasteiger charge is -2.31. The molecule has 1 amide bonds. The minimum Gasteiger partial charge on any atom is -0.355 e. The van der Waals surface area contributed by atoms with Crippen LogP contribution in [0.2, 0.25) is 0 Å². The van der Waals surface area contributed by atoms with Gasteiger partial charge in [0.25, 0.3) is 0 Å². The summed E-state index contributed by atoms with van der Waals surface area (Å²) in [4.78, 5) is 13.1. The third-order valence-electron chi connectivity index (χ3n) is 6.67. The van der Waals surface area contributed by atoms with Gasteiger partial charge in [-0.25, -0.2) is 8.42 Å². The summed E-state index contributed by atoms with van der Waals surface area (Å²) in [7, 11) is -3.91. The van der Waals surface area contributed by atoms with Crippen molar-refractivity contribution in [3.63, 3.8) is 0 Å². The van der Waals surface area contributed by atoms with Crippen LogP contribution in [0.15, 0.2) is 45.8 Å². The van der Waals surface area contributed by atoms with E-state index >= 15 is 0 Å². The van der Waals surface area contributed by atoms with Crippen LogP contribution in [0.5, 0.6) is 0 Å². The van der Waals surface area contributed by atoms with Gasteiger partial charge in [-0.2, -0.15) is 4.31 Å². The number of carbonyl (C=O) groups is 1. The Kier molecular flexibility index (Phi) is 7.47. The van der Waals surface area contributed by atoms with E-state index in [0.29, 0.717) is 25.1 Å². The summed E-state index contributed by atoms with van der Waals surface area (Å²) in [6, 6.07) is 11.9. The number of piperidine rings is 1. The van der Waals surface area contributed by atoms with Gasteiger partial charge in [0, 0.05) is 18.8 Å². The maximum atomic E-state index is 13.7. The third kappa shape index (κ3) is 5.44. The van der Waals surface area contributed by atoms with E-state index in [9.17, 15) is 13.2 Å². The summed E-state index contributed by atoms with van der Waals surface area (Å²) < 4.78 is 34.2. The monoisotopic (exact) mass is 507 g/mol. The first-order chi connectivity index (χ1) is 17.1. The van der Waals surface area contributed by atoms with Gasteiger partial charge in [0.05, 0.1) is 5.92 Å². The molecule has 8 heteroatoms. The molecule has 7 nitrogen and oxygen atoms in total. The van der Waals surface area contributed by atoms with E-state index in [-0.39, 0.29) is 23.1 Å². The number of hydrogen-bond donors (Lipinski definition) is 1. The number of rotatable bonds is 6. The van der Waals surface area contributed by atoms with Crippen molar-refractivity contribution >= 4 is 33.8 Å². The Morgan fingerprint density at radius 1 is 1.03 bits per heavy atom. The first kappa shape index (κ1) is 25.9. The average molecular weight is 508 g/mol. The normalized spacial score (nSPS) is 17.0. The van der Waals surface area contributed by atoms with Crippen molar-refractivity contribution in [2.45, 2.75) is 52.4 Å². The number of aromatic nitrogens is 1. The maximum Gasteiger partial charge on any atom is 0.248 e. The lowest BCUT2D eigenvalue weighted by Crippen LogP contribution is -2.44. The van der Waals surface area contributed by atoms with Gasteiger partial charge in [-0.1, -0.05) is 52.7 Å². The number of anilines is 1. The number of aryl methyl sites for hydroxylation is 5. The number of hydrogen-bond acceptors (Lipinski definition) is 5. The molecule has 1 fully saturated rings. The summed E-state index contributed by atoms with van der Waals surface area (Å²) in [5.74, 6) is -0.419. The molecule has 36 heavy (non-hydrogen) atoms. The van der Waals surface area contributed by atoms with Crippen LogP contribution in [0.1, 0.15) is 52.1 Å². The van der Waals surface area contributed by atoms with Crippen molar-refractivity contribution in [3.8, 4) is 0 Å². The highest BCUT2D eigenvalue weighted by molar-refractivity contribution is 7.89. The zero-order valence-corrected chi connectivity index (χ0v) is 22.3. The smallest absolute Gasteiger partial charge is 0.248 e. The largest absolute Gasteiger partial charge is 0.355 e. The topological polar surface area (TPSA) is 92.5 Å². The fraction of sp³-hybridized carbons (Fsp3) is 0.357. The van der Waals surface area contributed by atoms with E-state index in [1.165, 1.54) is 4.31 Å². The fourth-order valence-corrected chi connectivity index (χ4v) is 6.37. The van der Waals surface area contributed by atoms with Crippen LogP contribution in [0.3, 0.4) is 0 Å². The van der Waals surface area contributed by atoms with Gasteiger partial charge >= 0.3 is 0 Å². The Morgan fingerprint density at radius 3 is 2.50 bits per heavy atom. The molecule has 4 rings (SSSR count). The van der Waals surface area contributed by atoms with Crippen molar-refractivity contribution < 1.29 is 17.7 Å². The molecular weight excluding hydrogens is 474 g/mol. The summed E-state index contributed by atoms with van der Waals surface area (Å²) >= 11 is 0. The Labute approximate surface area is 213 Å². The van der Waals surface area contributed by atoms with Gasteiger partial charge in [0.2, 0.25) is 15.9 Å². The average Bonchev–Trinajstić information content (AvgIpc) is 3.22. The van der Waals surface area contributed by atoms with Crippen molar-refractivity contribution in [2.75, 3.05) is 18.4 Å². The van der Waals surface area contributed by atoms with Crippen LogP contribution in [0.25, 0.3) is 12.2 Å². The Bertz CT molecular complexity index is 1420. The van der Waals surface area contributed by atoms with Crippen LogP contribution in [0, 0.1) is 40.5 Å². The van der Waals surface area contributed by atoms with Gasteiger partial charge in [-0.05, 0) is 76.3 Å². The number of amides is 1. The molecule has 1 aliphatic heterocycles. The maximum absolute atomic E-state index is 13.7. The van der Waals surface area contributed by atoms with Crippen molar-refractivity contribution in [1.29, 1.82) is 0 Å². The Balaban J connectivity index is 1.55. The second-order valence-corrected chi connectivity index (χ2v) is 11.5. The predicted octanol–water partition coefficient (Wildman–Crippen LogP) is 5.43. The van der Waals surface area contributed by atoms with Gasteiger partial charge in [-0.15, -0.1) is 0 Å². The van der Waals surface area contributed by atoms with Crippen LogP contribution >= 0.6 is 0 Å². The summed E-state index contributed by atoms with van der Waals surface area (Å²) in [5, 5.41) is 6.93. The van der Waals surface area contributed by atoms with Gasteiger partial charge in [0.1, 0.15) is 5.69 Å². The molecule has 1 atom stereocenters. The SMILES string of the molecule is Cc1ccc(NC(=O)[C@H]2CCCN(S(=O)(=O)c3c(C)noc3/C=C/c3cc(C)ccc3C)C2)c(C)c1. The molecule has 1 saturated heterocycles. The minimum absolute atomic E-state index is 0.0551. The summed E-state index contributed by atoms with van der Waals surface area (Å²) in [6.07, 6.45) is 4.73. The van der Waals surface area contributed by atoms with Crippen LogP contribution in [0.4, 0.5) is 5.69 Å². The van der Waals surface area contributed by atoms with Gasteiger partial charge in [-0.3, -0.25) is 4.79 Å². The molecule has 1 aromatic heterocycles. The van der Waals surface area contributed by atoms with Crippen LogP contribution < -0.4 is 5.32 Å². The van der Waals surface area contributed by atoms with E-state index in [1.54, 1.807) is 13.0 Å². The van der Waals surface area contributed by atoms with E-state index < -0.39 is 15.9 Å². The highest BCUT2D eigenvalue weighted by Crippen LogP contribution is 2.30. The van der Waals surface area contributed by atoms with Crippen LogP contribution in [-0.4, -0.2) is 36.9 Å². The minimum atomic E-state index is -3.91. The number of carbonyl (C=O) groups excluding carboxylic acids is 1.